The van der Waals surface area contributed by atoms with Crippen molar-refractivity contribution < 1.29 is 9.59 Å². The summed E-state index contributed by atoms with van der Waals surface area (Å²) in [6.45, 7) is 0.492. The van der Waals surface area contributed by atoms with E-state index in [1.165, 1.54) is 11.8 Å². The summed E-state index contributed by atoms with van der Waals surface area (Å²) in [4.78, 5) is 23.2. The molecular weight excluding hydrogens is 250 g/mol. The van der Waals surface area contributed by atoms with Crippen LogP contribution in [0.1, 0.15) is 12.8 Å². The smallest absolute Gasteiger partial charge is 0.227 e. The van der Waals surface area contributed by atoms with Crippen molar-refractivity contribution in [3.8, 4) is 0 Å². The maximum atomic E-state index is 11.6. The van der Waals surface area contributed by atoms with E-state index < -0.39 is 0 Å². The van der Waals surface area contributed by atoms with E-state index in [0.717, 1.165) is 4.90 Å². The minimum Gasteiger partial charge on any atom is -0.369 e. The molecule has 1 aromatic carbocycles. The summed E-state index contributed by atoms with van der Waals surface area (Å²) in [5.41, 5.74) is 11.1. The third-order valence-electron chi connectivity index (χ3n) is 2.14. The Morgan fingerprint density at radius 1 is 1.28 bits per heavy atom. The molecule has 0 heterocycles. The van der Waals surface area contributed by atoms with Gasteiger partial charge >= 0.3 is 0 Å². The Hall–Kier alpha value is -1.53. The maximum Gasteiger partial charge on any atom is 0.227 e. The Bertz CT molecular complexity index is 424. The molecule has 0 aliphatic rings. The van der Waals surface area contributed by atoms with Crippen LogP contribution in [0.15, 0.2) is 29.2 Å². The lowest BCUT2D eigenvalue weighted by atomic mass is 10.2. The average molecular weight is 267 g/mol. The van der Waals surface area contributed by atoms with Crippen LogP contribution in [0, 0.1) is 0 Å². The summed E-state index contributed by atoms with van der Waals surface area (Å²) < 4.78 is 0. The van der Waals surface area contributed by atoms with Gasteiger partial charge in [-0.25, -0.2) is 0 Å². The molecule has 0 saturated heterocycles. The van der Waals surface area contributed by atoms with Crippen molar-refractivity contribution in [2.45, 2.75) is 17.7 Å². The zero-order chi connectivity index (χ0) is 13.4. The molecule has 0 bridgehead atoms. The molecule has 6 heteroatoms. The van der Waals surface area contributed by atoms with E-state index in [1.54, 1.807) is 6.07 Å². The summed E-state index contributed by atoms with van der Waals surface area (Å²) in [5.74, 6) is -0.271. The minimum absolute atomic E-state index is 0.0763. The van der Waals surface area contributed by atoms with Crippen LogP contribution in [0.4, 0.5) is 5.69 Å². The summed E-state index contributed by atoms with van der Waals surface area (Å²) in [6, 6.07) is 7.31. The molecule has 0 unspecified atom stereocenters. The highest BCUT2D eigenvalue weighted by Gasteiger charge is 2.07. The van der Waals surface area contributed by atoms with Gasteiger partial charge in [0.1, 0.15) is 0 Å². The molecule has 0 aromatic heterocycles. The molecule has 1 aromatic rings. The molecule has 1 rings (SSSR count). The number of benzene rings is 1. The van der Waals surface area contributed by atoms with Crippen LogP contribution < -0.4 is 16.8 Å². The van der Waals surface area contributed by atoms with Gasteiger partial charge in [0.25, 0.3) is 0 Å². The summed E-state index contributed by atoms with van der Waals surface area (Å²) in [6.07, 6.45) is 1.05. The van der Waals surface area contributed by atoms with Crippen LogP contribution in [0.2, 0.25) is 0 Å². The van der Waals surface area contributed by atoms with Gasteiger partial charge in [-0.1, -0.05) is 12.1 Å². The van der Waals surface area contributed by atoms with Crippen LogP contribution in [0.25, 0.3) is 0 Å². The van der Waals surface area contributed by atoms with Crippen LogP contribution in [0.3, 0.4) is 0 Å². The normalized spacial score (nSPS) is 10.1. The lowest BCUT2D eigenvalue weighted by Crippen LogP contribution is -2.15. The Kier molecular flexibility index (Phi) is 6.24. The van der Waals surface area contributed by atoms with Crippen molar-refractivity contribution in [1.82, 2.24) is 0 Å². The fourth-order valence-electron chi connectivity index (χ4n) is 1.32. The molecule has 18 heavy (non-hydrogen) atoms. The molecule has 0 aliphatic heterocycles. The molecule has 2 amide bonds. The van der Waals surface area contributed by atoms with Gasteiger partial charge in [0.05, 0.1) is 11.4 Å². The van der Waals surface area contributed by atoms with Crippen molar-refractivity contribution in [1.29, 1.82) is 0 Å². The maximum absolute atomic E-state index is 11.6. The van der Waals surface area contributed by atoms with E-state index in [-0.39, 0.29) is 17.6 Å². The lowest BCUT2D eigenvalue weighted by molar-refractivity contribution is -0.116. The van der Waals surface area contributed by atoms with Gasteiger partial charge in [0, 0.05) is 11.3 Å². The molecule has 98 valence electrons. The summed E-state index contributed by atoms with van der Waals surface area (Å²) in [5, 5.41) is 2.80. The second kappa shape index (κ2) is 7.73. The first-order chi connectivity index (χ1) is 8.63. The van der Waals surface area contributed by atoms with Gasteiger partial charge in [-0.3, -0.25) is 9.59 Å². The number of amides is 2. The summed E-state index contributed by atoms with van der Waals surface area (Å²) >= 11 is 1.31. The second-order valence-electron chi connectivity index (χ2n) is 3.69. The first-order valence-electron chi connectivity index (χ1n) is 5.63. The standard InChI is InChI=1S/C12H17N3O2S/c13-7-3-6-12(17)15-9-4-1-2-5-10(9)18-8-11(14)16/h1-2,4-5H,3,6-8,13H2,(H2,14,16)(H,15,17). The van der Waals surface area contributed by atoms with Gasteiger partial charge in [-0.15, -0.1) is 11.8 Å². The number of rotatable bonds is 7. The van der Waals surface area contributed by atoms with E-state index in [1.807, 2.05) is 18.2 Å². The second-order valence-corrected chi connectivity index (χ2v) is 4.71. The van der Waals surface area contributed by atoms with Crippen LogP contribution >= 0.6 is 11.8 Å². The molecule has 0 radical (unpaired) electrons. The molecule has 0 fully saturated rings. The van der Waals surface area contributed by atoms with E-state index in [2.05, 4.69) is 5.32 Å². The predicted octanol–water partition coefficient (Wildman–Crippen LogP) is 0.941. The highest BCUT2D eigenvalue weighted by molar-refractivity contribution is 8.00. The Balaban J connectivity index is 2.63. The molecule has 0 saturated carbocycles. The quantitative estimate of drug-likeness (QED) is 0.640. The zero-order valence-electron chi connectivity index (χ0n) is 10.0. The van der Waals surface area contributed by atoms with Gasteiger partial charge in [0.15, 0.2) is 0 Å². The Morgan fingerprint density at radius 2 is 2.00 bits per heavy atom. The monoisotopic (exact) mass is 267 g/mol. The van der Waals surface area contributed by atoms with Crippen molar-refractivity contribution in [3.63, 3.8) is 0 Å². The molecule has 0 atom stereocenters. The fourth-order valence-corrected chi connectivity index (χ4v) is 2.07. The van der Waals surface area contributed by atoms with Gasteiger partial charge in [-0.2, -0.15) is 0 Å². The number of hydrogen-bond donors (Lipinski definition) is 3. The first-order valence-corrected chi connectivity index (χ1v) is 6.62. The predicted molar refractivity (Wildman–Crippen MR) is 73.3 cm³/mol. The number of anilines is 1. The fraction of sp³-hybridized carbons (Fsp3) is 0.333. The number of nitrogens with two attached hydrogens (primary N) is 2. The average Bonchev–Trinajstić information content (AvgIpc) is 2.35. The highest BCUT2D eigenvalue weighted by atomic mass is 32.2. The molecule has 0 spiro atoms. The van der Waals surface area contributed by atoms with Gasteiger partial charge in [-0.05, 0) is 25.1 Å². The van der Waals surface area contributed by atoms with Gasteiger partial charge < -0.3 is 16.8 Å². The van der Waals surface area contributed by atoms with Crippen LogP contribution in [0.5, 0.6) is 0 Å². The van der Waals surface area contributed by atoms with E-state index in [9.17, 15) is 9.59 Å². The zero-order valence-corrected chi connectivity index (χ0v) is 10.8. The number of thioether (sulfide) groups is 1. The SMILES string of the molecule is NCCCC(=O)Nc1ccccc1SCC(N)=O. The van der Waals surface area contributed by atoms with Crippen molar-refractivity contribution in [3.05, 3.63) is 24.3 Å². The molecule has 0 aliphatic carbocycles. The Morgan fingerprint density at radius 3 is 2.67 bits per heavy atom. The van der Waals surface area contributed by atoms with Crippen LogP contribution in [-0.2, 0) is 9.59 Å². The third kappa shape index (κ3) is 5.20. The number of carbonyl (C=O) groups is 2. The largest absolute Gasteiger partial charge is 0.369 e. The van der Waals surface area contributed by atoms with E-state index in [0.29, 0.717) is 25.1 Å². The van der Waals surface area contributed by atoms with Crippen molar-refractivity contribution >= 4 is 29.3 Å². The molecule has 5 nitrogen and oxygen atoms in total. The number of hydrogen-bond acceptors (Lipinski definition) is 4. The third-order valence-corrected chi connectivity index (χ3v) is 3.23. The number of nitrogens with one attached hydrogen (secondary N) is 1. The first kappa shape index (κ1) is 14.5. The van der Waals surface area contributed by atoms with E-state index >= 15 is 0 Å². The lowest BCUT2D eigenvalue weighted by Gasteiger charge is -2.09. The minimum atomic E-state index is -0.385. The number of primary amides is 1. The number of para-hydroxylation sites is 1. The Labute approximate surface area is 110 Å². The summed E-state index contributed by atoms with van der Waals surface area (Å²) in [7, 11) is 0. The van der Waals surface area contributed by atoms with Crippen molar-refractivity contribution in [2.75, 3.05) is 17.6 Å². The van der Waals surface area contributed by atoms with Gasteiger partial charge in [0.2, 0.25) is 11.8 Å². The highest BCUT2D eigenvalue weighted by Crippen LogP contribution is 2.26. The van der Waals surface area contributed by atoms with Crippen molar-refractivity contribution in [2.24, 2.45) is 11.5 Å². The molecule has 5 N–H and O–H groups in total. The van der Waals surface area contributed by atoms with E-state index in [4.69, 9.17) is 11.5 Å². The van der Waals surface area contributed by atoms with Crippen LogP contribution in [-0.4, -0.2) is 24.1 Å². The topological polar surface area (TPSA) is 98.2 Å². The number of carbonyl (C=O) groups excluding carboxylic acids is 2. The molecular formula is C12H17N3O2S.